The number of hydrogen-bond donors (Lipinski definition) is 0. The highest BCUT2D eigenvalue weighted by atomic mass is 35.5. The molecule has 1 aliphatic rings. The molecular weight excluding hydrogens is 207 g/mol. The lowest BCUT2D eigenvalue weighted by atomic mass is 9.79. The van der Waals surface area contributed by atoms with E-state index in [0.29, 0.717) is 34.6 Å². The average molecular weight is 215 g/mol. The molecule has 1 saturated carbocycles. The van der Waals surface area contributed by atoms with Crippen molar-refractivity contribution in [2.75, 3.05) is 0 Å². The van der Waals surface area contributed by atoms with Crippen molar-refractivity contribution in [2.45, 2.75) is 18.8 Å². The molecule has 0 unspecified atom stereocenters. The molecule has 0 radical (unpaired) electrons. The second kappa shape index (κ2) is 3.32. The molecular formula is C10H8Cl2O. The number of halogens is 2. The van der Waals surface area contributed by atoms with Gasteiger partial charge in [-0.3, -0.25) is 4.79 Å². The molecule has 0 spiro atoms. The van der Waals surface area contributed by atoms with E-state index < -0.39 is 0 Å². The molecule has 1 fully saturated rings. The standard InChI is InChI=1S/C10H8Cl2O/c11-7-1-2-10(12)9(5-7)6-3-8(13)4-6/h1-2,5-6H,3-4H2. The first-order chi connectivity index (χ1) is 6.16. The zero-order valence-corrected chi connectivity index (χ0v) is 8.40. The summed E-state index contributed by atoms with van der Waals surface area (Å²) in [7, 11) is 0. The minimum Gasteiger partial charge on any atom is -0.300 e. The highest BCUT2D eigenvalue weighted by Crippen LogP contribution is 2.38. The lowest BCUT2D eigenvalue weighted by molar-refractivity contribution is -0.124. The lowest BCUT2D eigenvalue weighted by Crippen LogP contribution is -2.21. The maximum absolute atomic E-state index is 10.8. The van der Waals surface area contributed by atoms with E-state index in [1.807, 2.05) is 6.07 Å². The summed E-state index contributed by atoms with van der Waals surface area (Å²) < 4.78 is 0. The zero-order valence-electron chi connectivity index (χ0n) is 6.89. The summed E-state index contributed by atoms with van der Waals surface area (Å²) in [6, 6.07) is 5.39. The molecule has 0 aromatic heterocycles. The average Bonchev–Trinajstić information content (AvgIpc) is 2.04. The summed E-state index contributed by atoms with van der Waals surface area (Å²) in [5.41, 5.74) is 1.01. The summed E-state index contributed by atoms with van der Waals surface area (Å²) in [6.45, 7) is 0. The van der Waals surface area contributed by atoms with Gasteiger partial charge in [-0.25, -0.2) is 0 Å². The van der Waals surface area contributed by atoms with Crippen LogP contribution < -0.4 is 0 Å². The van der Waals surface area contributed by atoms with Gasteiger partial charge in [0.05, 0.1) is 0 Å². The van der Waals surface area contributed by atoms with Gasteiger partial charge in [0, 0.05) is 22.9 Å². The Morgan fingerprint density at radius 3 is 2.54 bits per heavy atom. The van der Waals surface area contributed by atoms with E-state index in [0.717, 1.165) is 5.56 Å². The molecule has 68 valence electrons. The van der Waals surface area contributed by atoms with Crippen LogP contribution in [0.4, 0.5) is 0 Å². The van der Waals surface area contributed by atoms with E-state index in [-0.39, 0.29) is 0 Å². The van der Waals surface area contributed by atoms with E-state index in [1.165, 1.54) is 0 Å². The van der Waals surface area contributed by atoms with Gasteiger partial charge in [0.1, 0.15) is 5.78 Å². The van der Waals surface area contributed by atoms with Gasteiger partial charge in [-0.1, -0.05) is 23.2 Å². The lowest BCUT2D eigenvalue weighted by Gasteiger charge is -2.25. The number of hydrogen-bond acceptors (Lipinski definition) is 1. The van der Waals surface area contributed by atoms with Gasteiger partial charge < -0.3 is 0 Å². The molecule has 0 saturated heterocycles. The number of carbonyl (C=O) groups is 1. The van der Waals surface area contributed by atoms with Crippen molar-refractivity contribution in [3.05, 3.63) is 33.8 Å². The van der Waals surface area contributed by atoms with Crippen molar-refractivity contribution in [3.63, 3.8) is 0 Å². The molecule has 3 heteroatoms. The van der Waals surface area contributed by atoms with E-state index >= 15 is 0 Å². The van der Waals surface area contributed by atoms with E-state index in [9.17, 15) is 4.79 Å². The Morgan fingerprint density at radius 2 is 1.92 bits per heavy atom. The number of Topliss-reactive ketones (excluding diaryl/α,β-unsaturated/α-hetero) is 1. The normalized spacial score (nSPS) is 17.2. The molecule has 0 amide bonds. The van der Waals surface area contributed by atoms with Crippen LogP contribution in [0.1, 0.15) is 24.3 Å². The molecule has 0 N–H and O–H groups in total. The zero-order chi connectivity index (χ0) is 9.42. The van der Waals surface area contributed by atoms with Crippen LogP contribution in [-0.4, -0.2) is 5.78 Å². The van der Waals surface area contributed by atoms with Gasteiger partial charge >= 0.3 is 0 Å². The minimum atomic E-state index is 0.290. The maximum Gasteiger partial charge on any atom is 0.134 e. The predicted molar refractivity (Wildman–Crippen MR) is 53.4 cm³/mol. The molecule has 0 aliphatic heterocycles. The van der Waals surface area contributed by atoms with Crippen LogP contribution in [0.5, 0.6) is 0 Å². The summed E-state index contributed by atoms with van der Waals surface area (Å²) >= 11 is 11.8. The third-order valence-corrected chi connectivity index (χ3v) is 2.93. The summed E-state index contributed by atoms with van der Waals surface area (Å²) in [5, 5.41) is 1.39. The van der Waals surface area contributed by atoms with Crippen molar-refractivity contribution in [1.29, 1.82) is 0 Å². The Balaban J connectivity index is 2.29. The summed E-state index contributed by atoms with van der Waals surface area (Å²) in [4.78, 5) is 10.8. The Kier molecular flexibility index (Phi) is 2.31. The van der Waals surface area contributed by atoms with Crippen LogP contribution in [0.25, 0.3) is 0 Å². The number of ketones is 1. The highest BCUT2D eigenvalue weighted by Gasteiger charge is 2.29. The second-order valence-corrected chi connectivity index (χ2v) is 4.15. The van der Waals surface area contributed by atoms with Gasteiger partial charge in [-0.15, -0.1) is 0 Å². The SMILES string of the molecule is O=C1CC(c2cc(Cl)ccc2Cl)C1. The van der Waals surface area contributed by atoms with E-state index in [4.69, 9.17) is 23.2 Å². The van der Waals surface area contributed by atoms with Crippen LogP contribution in [0.3, 0.4) is 0 Å². The smallest absolute Gasteiger partial charge is 0.134 e. The first-order valence-corrected chi connectivity index (χ1v) is 4.89. The van der Waals surface area contributed by atoms with Gasteiger partial charge in [0.25, 0.3) is 0 Å². The molecule has 2 rings (SSSR count). The van der Waals surface area contributed by atoms with Crippen molar-refractivity contribution < 1.29 is 4.79 Å². The fraction of sp³-hybridized carbons (Fsp3) is 0.300. The van der Waals surface area contributed by atoms with E-state index in [1.54, 1.807) is 12.1 Å². The van der Waals surface area contributed by atoms with Crippen LogP contribution in [-0.2, 0) is 4.79 Å². The summed E-state index contributed by atoms with van der Waals surface area (Å²) in [5.74, 6) is 0.597. The first-order valence-electron chi connectivity index (χ1n) is 4.13. The molecule has 0 atom stereocenters. The Hall–Kier alpha value is -0.530. The van der Waals surface area contributed by atoms with Crippen LogP contribution in [0.15, 0.2) is 18.2 Å². The third-order valence-electron chi connectivity index (χ3n) is 2.35. The van der Waals surface area contributed by atoms with Crippen LogP contribution in [0, 0.1) is 0 Å². The minimum absolute atomic E-state index is 0.290. The largest absolute Gasteiger partial charge is 0.300 e. The monoisotopic (exact) mass is 214 g/mol. The van der Waals surface area contributed by atoms with Crippen molar-refractivity contribution in [3.8, 4) is 0 Å². The fourth-order valence-electron chi connectivity index (χ4n) is 1.54. The Labute approximate surface area is 86.7 Å². The van der Waals surface area contributed by atoms with Crippen molar-refractivity contribution in [2.24, 2.45) is 0 Å². The number of rotatable bonds is 1. The van der Waals surface area contributed by atoms with E-state index in [2.05, 4.69) is 0 Å². The molecule has 1 aromatic carbocycles. The van der Waals surface area contributed by atoms with Gasteiger partial charge in [0.2, 0.25) is 0 Å². The van der Waals surface area contributed by atoms with Gasteiger partial charge in [0.15, 0.2) is 0 Å². The van der Waals surface area contributed by atoms with Gasteiger partial charge in [-0.2, -0.15) is 0 Å². The molecule has 1 aromatic rings. The molecule has 13 heavy (non-hydrogen) atoms. The van der Waals surface area contributed by atoms with Crippen LogP contribution in [0.2, 0.25) is 10.0 Å². The fourth-order valence-corrected chi connectivity index (χ4v) is 1.99. The number of carbonyl (C=O) groups excluding carboxylic acids is 1. The van der Waals surface area contributed by atoms with Crippen molar-refractivity contribution >= 4 is 29.0 Å². The maximum atomic E-state index is 10.8. The first kappa shape index (κ1) is 9.04. The molecule has 1 nitrogen and oxygen atoms in total. The molecule has 0 bridgehead atoms. The van der Waals surface area contributed by atoms with Gasteiger partial charge in [-0.05, 0) is 29.7 Å². The quantitative estimate of drug-likeness (QED) is 0.701. The van der Waals surface area contributed by atoms with Crippen molar-refractivity contribution in [1.82, 2.24) is 0 Å². The molecule has 0 heterocycles. The Morgan fingerprint density at radius 1 is 1.23 bits per heavy atom. The topological polar surface area (TPSA) is 17.1 Å². The highest BCUT2D eigenvalue weighted by molar-refractivity contribution is 6.33. The second-order valence-electron chi connectivity index (χ2n) is 3.31. The molecule has 1 aliphatic carbocycles. The summed E-state index contributed by atoms with van der Waals surface area (Å²) in [6.07, 6.45) is 1.22. The Bertz CT molecular complexity index is 352. The third kappa shape index (κ3) is 1.72. The number of benzene rings is 1. The predicted octanol–water partition coefficient (Wildman–Crippen LogP) is 3.44. The van der Waals surface area contributed by atoms with Crippen LogP contribution >= 0.6 is 23.2 Å².